The van der Waals surface area contributed by atoms with Crippen LogP contribution in [0.1, 0.15) is 62.7 Å². The minimum absolute atomic E-state index is 0.0788. The number of benzene rings is 1. The molecule has 3 aromatic rings. The first-order valence-electron chi connectivity index (χ1n) is 14.6. The van der Waals surface area contributed by atoms with Crippen LogP contribution in [-0.2, 0) is 10.0 Å². The fraction of sp³-hybridized carbons (Fsp3) is 0.500. The molecule has 3 aliphatic heterocycles. The Morgan fingerprint density at radius 1 is 1.11 bits per heavy atom. The minimum atomic E-state index is -4.25. The molecule has 1 saturated heterocycles. The van der Waals surface area contributed by atoms with Crippen molar-refractivity contribution < 1.29 is 35.9 Å². The van der Waals surface area contributed by atoms with Gasteiger partial charge in [-0.1, -0.05) is 0 Å². The van der Waals surface area contributed by atoms with E-state index in [9.17, 15) is 26.4 Å². The SMILES string of the molecule is CC1(C)C[C@H]2CCCOc3ccc(cc3)S(=O)(=O)NC(=O)c3ccc(-n4ccc(OCCC5(C(F)(F)F)CC5)n4)nc3N1C2. The molecular weight excluding hydrogens is 599 g/mol. The molecule has 10 nitrogen and oxygen atoms in total. The number of carbonyl (C=O) groups is 1. The summed E-state index contributed by atoms with van der Waals surface area (Å²) in [6, 6.07) is 10.5. The first-order valence-corrected chi connectivity index (χ1v) is 16.1. The predicted molar refractivity (Wildman–Crippen MR) is 155 cm³/mol. The number of ether oxygens (including phenoxy) is 2. The van der Waals surface area contributed by atoms with Crippen LogP contribution in [0, 0.1) is 11.3 Å². The fourth-order valence-corrected chi connectivity index (χ4v) is 7.07. The Morgan fingerprint density at radius 2 is 1.86 bits per heavy atom. The van der Waals surface area contributed by atoms with Crippen LogP contribution in [0.4, 0.5) is 19.0 Å². The van der Waals surface area contributed by atoms with E-state index >= 15 is 0 Å². The molecule has 0 radical (unpaired) electrons. The van der Waals surface area contributed by atoms with Gasteiger partial charge >= 0.3 is 6.18 Å². The maximum Gasteiger partial charge on any atom is 0.394 e. The molecule has 5 heterocycles. The van der Waals surface area contributed by atoms with Gasteiger partial charge < -0.3 is 14.4 Å². The van der Waals surface area contributed by atoms with Gasteiger partial charge in [0.05, 0.1) is 29.1 Å². The number of carbonyl (C=O) groups excluding carboxylic acids is 1. The lowest BCUT2D eigenvalue weighted by Crippen LogP contribution is -2.41. The van der Waals surface area contributed by atoms with Gasteiger partial charge in [0.1, 0.15) is 11.6 Å². The van der Waals surface area contributed by atoms with Crippen molar-refractivity contribution in [1.29, 1.82) is 0 Å². The third kappa shape index (κ3) is 5.95. The van der Waals surface area contributed by atoms with E-state index < -0.39 is 33.1 Å². The highest BCUT2D eigenvalue weighted by atomic mass is 32.2. The van der Waals surface area contributed by atoms with E-state index in [1.54, 1.807) is 18.3 Å². The average Bonchev–Trinajstić information content (AvgIpc) is 3.51. The molecule has 0 unspecified atom stereocenters. The minimum Gasteiger partial charge on any atom is -0.494 e. The van der Waals surface area contributed by atoms with Crippen molar-refractivity contribution in [2.75, 3.05) is 24.7 Å². The molecule has 236 valence electrons. The number of hydrogen-bond donors (Lipinski definition) is 1. The Labute approximate surface area is 253 Å². The first-order chi connectivity index (χ1) is 20.8. The van der Waals surface area contributed by atoms with Crippen LogP contribution >= 0.6 is 0 Å². The smallest absolute Gasteiger partial charge is 0.394 e. The summed E-state index contributed by atoms with van der Waals surface area (Å²) in [6.45, 7) is 5.06. The number of anilines is 1. The number of rotatable bonds is 5. The number of nitrogens with zero attached hydrogens (tertiary/aromatic N) is 4. The van der Waals surface area contributed by atoms with Crippen LogP contribution in [-0.4, -0.2) is 60.6 Å². The lowest BCUT2D eigenvalue weighted by molar-refractivity contribution is -0.190. The molecule has 1 saturated carbocycles. The molecule has 1 N–H and O–H groups in total. The zero-order valence-electron chi connectivity index (χ0n) is 24.4. The van der Waals surface area contributed by atoms with Gasteiger partial charge in [0.15, 0.2) is 5.82 Å². The van der Waals surface area contributed by atoms with E-state index in [0.717, 1.165) is 19.3 Å². The standard InChI is InChI=1S/C30H34F3N5O5S/c1-28(2)18-20-4-3-16-42-21-5-7-22(8-6-21)44(40,41)36-27(39)23-9-10-24(34-26(23)37(28)19-20)38-15-11-25(35-38)43-17-14-29(12-13-29)30(31,32)33/h5-11,15,20H,3-4,12-14,16-19H2,1-2H3,(H,36,39)/t20-/m1/s1. The van der Waals surface area contributed by atoms with Gasteiger partial charge in [0.25, 0.3) is 15.9 Å². The molecule has 1 atom stereocenters. The van der Waals surface area contributed by atoms with Crippen molar-refractivity contribution in [3.8, 4) is 17.4 Å². The molecule has 4 aliphatic rings. The van der Waals surface area contributed by atoms with E-state index in [0.29, 0.717) is 30.5 Å². The summed E-state index contributed by atoms with van der Waals surface area (Å²) >= 11 is 0. The Morgan fingerprint density at radius 3 is 2.57 bits per heavy atom. The lowest BCUT2D eigenvalue weighted by Gasteiger charge is -2.34. The van der Waals surface area contributed by atoms with Crippen molar-refractivity contribution in [2.45, 2.75) is 69.0 Å². The van der Waals surface area contributed by atoms with Crippen LogP contribution < -0.4 is 19.1 Å². The van der Waals surface area contributed by atoms with Crippen molar-refractivity contribution in [2.24, 2.45) is 11.3 Å². The maximum atomic E-state index is 13.5. The Hall–Kier alpha value is -3.81. The zero-order chi connectivity index (χ0) is 31.3. The Balaban J connectivity index is 1.30. The largest absolute Gasteiger partial charge is 0.494 e. The highest BCUT2D eigenvalue weighted by molar-refractivity contribution is 7.90. The van der Waals surface area contributed by atoms with Gasteiger partial charge in [-0.15, -0.1) is 5.10 Å². The van der Waals surface area contributed by atoms with Crippen LogP contribution in [0.3, 0.4) is 0 Å². The van der Waals surface area contributed by atoms with E-state index in [2.05, 4.69) is 23.7 Å². The number of sulfonamides is 1. The summed E-state index contributed by atoms with van der Waals surface area (Å²) in [5.74, 6) is 0.800. The number of aromatic nitrogens is 3. The summed E-state index contributed by atoms with van der Waals surface area (Å²) in [5, 5.41) is 4.34. The highest BCUT2D eigenvalue weighted by Gasteiger charge is 2.62. The second-order valence-electron chi connectivity index (χ2n) is 12.4. The quantitative estimate of drug-likeness (QED) is 0.404. The molecule has 1 aromatic carbocycles. The van der Waals surface area contributed by atoms with Crippen LogP contribution in [0.2, 0.25) is 0 Å². The molecule has 44 heavy (non-hydrogen) atoms. The van der Waals surface area contributed by atoms with Gasteiger partial charge in [-0.2, -0.15) is 13.2 Å². The van der Waals surface area contributed by atoms with Crippen LogP contribution in [0.25, 0.3) is 5.82 Å². The highest BCUT2D eigenvalue weighted by Crippen LogP contribution is 2.59. The van der Waals surface area contributed by atoms with Crippen molar-refractivity contribution >= 4 is 21.7 Å². The third-order valence-corrected chi connectivity index (χ3v) is 10.1. The number of alkyl halides is 3. The summed E-state index contributed by atoms with van der Waals surface area (Å²) in [5.41, 5.74) is -1.98. The molecule has 0 spiro atoms. The van der Waals surface area contributed by atoms with Gasteiger partial charge in [0, 0.05) is 24.3 Å². The summed E-state index contributed by atoms with van der Waals surface area (Å²) in [7, 11) is -4.19. The Kier molecular flexibility index (Phi) is 7.53. The van der Waals surface area contributed by atoms with Crippen molar-refractivity contribution in [1.82, 2.24) is 19.5 Å². The van der Waals surface area contributed by atoms with Crippen LogP contribution in [0.5, 0.6) is 11.6 Å². The Bertz CT molecular complexity index is 1650. The number of nitrogens with one attached hydrogen (secondary N) is 1. The molecule has 2 aromatic heterocycles. The number of halogens is 3. The van der Waals surface area contributed by atoms with E-state index in [1.165, 1.54) is 35.0 Å². The molecule has 7 rings (SSSR count). The molecule has 4 bridgehead atoms. The first kappa shape index (κ1) is 30.2. The molecule has 2 fully saturated rings. The second kappa shape index (κ2) is 11.0. The number of fused-ring (bicyclic) bond motifs is 7. The number of amides is 1. The van der Waals surface area contributed by atoms with Crippen molar-refractivity contribution in [3.05, 3.63) is 54.2 Å². The number of hydrogen-bond acceptors (Lipinski definition) is 8. The zero-order valence-corrected chi connectivity index (χ0v) is 25.2. The van der Waals surface area contributed by atoms with Crippen molar-refractivity contribution in [3.63, 3.8) is 0 Å². The summed E-state index contributed by atoms with van der Waals surface area (Å²) in [4.78, 5) is 20.3. The normalized spacial score (nSPS) is 22.2. The predicted octanol–water partition coefficient (Wildman–Crippen LogP) is 5.27. The van der Waals surface area contributed by atoms with Gasteiger partial charge in [-0.25, -0.2) is 22.8 Å². The average molecular weight is 634 g/mol. The van der Waals surface area contributed by atoms with E-state index in [4.69, 9.17) is 14.5 Å². The topological polar surface area (TPSA) is 116 Å². The molecule has 1 aliphatic carbocycles. The van der Waals surface area contributed by atoms with Gasteiger partial charge in [-0.05, 0) is 94.7 Å². The number of pyridine rings is 1. The third-order valence-electron chi connectivity index (χ3n) is 8.79. The molecule has 1 amide bonds. The fourth-order valence-electron chi connectivity index (χ4n) is 6.10. The lowest BCUT2D eigenvalue weighted by atomic mass is 9.93. The van der Waals surface area contributed by atoms with Gasteiger partial charge in [0.2, 0.25) is 5.88 Å². The summed E-state index contributed by atoms with van der Waals surface area (Å²) in [6.07, 6.45) is -0.0849. The summed E-state index contributed by atoms with van der Waals surface area (Å²) < 4.78 is 81.0. The molecule has 14 heteroatoms. The van der Waals surface area contributed by atoms with E-state index in [-0.39, 0.29) is 48.1 Å². The van der Waals surface area contributed by atoms with Gasteiger partial charge in [-0.3, -0.25) is 4.79 Å². The molecular formula is C30H34F3N5O5S. The van der Waals surface area contributed by atoms with Crippen LogP contribution in [0.15, 0.2) is 53.6 Å². The second-order valence-corrected chi connectivity index (χ2v) is 14.1. The van der Waals surface area contributed by atoms with E-state index in [1.807, 2.05) is 4.90 Å². The monoisotopic (exact) mass is 633 g/mol. The maximum absolute atomic E-state index is 13.5.